The van der Waals surface area contributed by atoms with E-state index < -0.39 is 5.60 Å². The van der Waals surface area contributed by atoms with Crippen LogP contribution in [0.2, 0.25) is 0 Å². The zero-order chi connectivity index (χ0) is 29.9. The van der Waals surface area contributed by atoms with E-state index >= 15 is 0 Å². The van der Waals surface area contributed by atoms with Crippen molar-refractivity contribution in [2.45, 2.75) is 70.1 Å². The Morgan fingerprint density at radius 3 is 2.42 bits per heavy atom. The minimum absolute atomic E-state index is 0.0758. The first-order valence-corrected chi connectivity index (χ1v) is 15.4. The number of nitrogens with zero attached hydrogens (tertiary/aromatic N) is 5. The highest BCUT2D eigenvalue weighted by molar-refractivity contribution is 6.21. The Morgan fingerprint density at radius 1 is 1.02 bits per heavy atom. The highest BCUT2D eigenvalue weighted by Gasteiger charge is 2.41. The third-order valence-corrected chi connectivity index (χ3v) is 8.93. The molecule has 0 bridgehead atoms. The van der Waals surface area contributed by atoms with E-state index in [9.17, 15) is 14.4 Å². The molecule has 43 heavy (non-hydrogen) atoms. The Balaban J connectivity index is 1.08. The van der Waals surface area contributed by atoms with Crippen LogP contribution in [0.4, 0.5) is 4.79 Å². The van der Waals surface area contributed by atoms with Crippen LogP contribution in [0.3, 0.4) is 0 Å². The van der Waals surface area contributed by atoms with E-state index in [1.165, 1.54) is 4.90 Å². The van der Waals surface area contributed by atoms with Crippen LogP contribution >= 0.6 is 0 Å². The average Bonchev–Trinajstić information content (AvgIpc) is 3.68. The Bertz CT molecular complexity index is 1550. The van der Waals surface area contributed by atoms with Gasteiger partial charge >= 0.3 is 6.09 Å². The van der Waals surface area contributed by atoms with Crippen molar-refractivity contribution >= 4 is 17.9 Å². The molecule has 2 aliphatic heterocycles. The number of ether oxygens (including phenoxy) is 1. The first-order chi connectivity index (χ1) is 20.7. The van der Waals surface area contributed by atoms with Gasteiger partial charge in [0, 0.05) is 50.1 Å². The molecule has 1 saturated heterocycles. The van der Waals surface area contributed by atoms with Gasteiger partial charge in [0.15, 0.2) is 0 Å². The summed E-state index contributed by atoms with van der Waals surface area (Å²) in [6.45, 7) is 7.86. The number of nitrogens with one attached hydrogen (secondary N) is 1. The molecule has 224 valence electrons. The number of fused-ring (bicyclic) bond motifs is 1. The lowest BCUT2D eigenvalue weighted by atomic mass is 9.80. The fraction of sp³-hybridized carbons (Fsp3) is 0.485. The van der Waals surface area contributed by atoms with Crippen molar-refractivity contribution in [3.8, 4) is 11.3 Å². The molecule has 0 spiro atoms. The number of rotatable bonds is 6. The lowest BCUT2D eigenvalue weighted by Crippen LogP contribution is -2.49. The van der Waals surface area contributed by atoms with Crippen LogP contribution in [0.25, 0.3) is 11.3 Å². The van der Waals surface area contributed by atoms with Gasteiger partial charge in [-0.05, 0) is 76.1 Å². The van der Waals surface area contributed by atoms with Crippen LogP contribution in [0, 0.1) is 5.92 Å². The summed E-state index contributed by atoms with van der Waals surface area (Å²) in [5.41, 5.74) is 4.55. The predicted molar refractivity (Wildman–Crippen MR) is 160 cm³/mol. The molecule has 1 aromatic carbocycles. The summed E-state index contributed by atoms with van der Waals surface area (Å²) in [5.74, 6) is 0.300. The van der Waals surface area contributed by atoms with Crippen molar-refractivity contribution in [2.24, 2.45) is 5.92 Å². The highest BCUT2D eigenvalue weighted by Crippen LogP contribution is 2.46. The Labute approximate surface area is 251 Å². The second kappa shape index (κ2) is 10.6. The maximum absolute atomic E-state index is 12.9. The number of pyridine rings is 1. The second-order valence-corrected chi connectivity index (χ2v) is 13.3. The van der Waals surface area contributed by atoms with Crippen molar-refractivity contribution in [1.29, 1.82) is 0 Å². The minimum atomic E-state index is -0.546. The molecule has 2 aliphatic carbocycles. The first-order valence-electron chi connectivity index (χ1n) is 15.4. The molecule has 7 rings (SSSR count). The van der Waals surface area contributed by atoms with Crippen LogP contribution in [-0.4, -0.2) is 74.3 Å². The fourth-order valence-electron chi connectivity index (χ4n) is 6.54. The number of aromatic nitrogens is 3. The third kappa shape index (κ3) is 5.33. The van der Waals surface area contributed by atoms with Gasteiger partial charge in [-0.1, -0.05) is 18.2 Å². The summed E-state index contributed by atoms with van der Waals surface area (Å²) in [7, 11) is 0. The summed E-state index contributed by atoms with van der Waals surface area (Å²) >= 11 is 0. The van der Waals surface area contributed by atoms with Crippen molar-refractivity contribution in [2.75, 3.05) is 26.2 Å². The molecule has 3 aromatic rings. The number of carbonyl (C=O) groups is 3. The molecule has 1 atom stereocenters. The van der Waals surface area contributed by atoms with Crippen LogP contribution in [0.5, 0.6) is 0 Å². The van der Waals surface area contributed by atoms with Gasteiger partial charge in [-0.25, -0.2) is 4.79 Å². The Morgan fingerprint density at radius 2 is 1.74 bits per heavy atom. The molecule has 4 heterocycles. The van der Waals surface area contributed by atoms with Gasteiger partial charge in [-0.3, -0.25) is 24.2 Å². The fourth-order valence-corrected chi connectivity index (χ4v) is 6.54. The van der Waals surface area contributed by atoms with Gasteiger partial charge in [0.25, 0.3) is 11.8 Å². The van der Waals surface area contributed by atoms with Gasteiger partial charge in [0.1, 0.15) is 5.60 Å². The summed E-state index contributed by atoms with van der Waals surface area (Å²) in [6.07, 6.45) is 7.63. The minimum Gasteiger partial charge on any atom is -0.444 e. The topological polar surface area (TPSA) is 110 Å². The molecule has 1 unspecified atom stereocenters. The van der Waals surface area contributed by atoms with E-state index in [0.29, 0.717) is 43.2 Å². The molecule has 2 saturated carbocycles. The van der Waals surface area contributed by atoms with Crippen LogP contribution in [0.1, 0.15) is 96.4 Å². The number of carbonyl (C=O) groups excluding carboxylic acids is 3. The number of imide groups is 1. The van der Waals surface area contributed by atoms with E-state index in [1.54, 1.807) is 29.2 Å². The standard InChI is InChI=1S/C33H38N6O4/c1-33(2,3)43-32(42)37-14-13-34-27(19-37)25-9-6-12-35-29(25)26-18-39(36-28(26)21-10-11-21)22-15-20(16-22)17-38-30(40)23-7-4-5-8-24(23)31(38)41/h4-9,12,18,20-22,27,34H,10-11,13-17,19H2,1-3H3. The SMILES string of the molecule is CC(C)(C)OC(=O)N1CCNC(c2cccnc2-c2cn(C3CC(CN4C(=O)c5ccccc5C4=O)C3)nc2C2CC2)C1. The van der Waals surface area contributed by atoms with Gasteiger partial charge in [0.05, 0.1) is 34.6 Å². The number of piperazine rings is 1. The molecule has 10 nitrogen and oxygen atoms in total. The van der Waals surface area contributed by atoms with E-state index in [4.69, 9.17) is 14.8 Å². The van der Waals surface area contributed by atoms with Crippen LogP contribution in [0.15, 0.2) is 48.8 Å². The second-order valence-electron chi connectivity index (χ2n) is 13.3. The zero-order valence-corrected chi connectivity index (χ0v) is 25.0. The predicted octanol–water partition coefficient (Wildman–Crippen LogP) is 4.95. The highest BCUT2D eigenvalue weighted by atomic mass is 16.6. The third-order valence-electron chi connectivity index (χ3n) is 8.93. The first kappa shape index (κ1) is 27.8. The lowest BCUT2D eigenvalue weighted by Gasteiger charge is -2.37. The Hall–Kier alpha value is -4.05. The summed E-state index contributed by atoms with van der Waals surface area (Å²) in [6, 6.07) is 11.2. The number of benzene rings is 1. The van der Waals surface area contributed by atoms with Crippen molar-refractivity contribution < 1.29 is 19.1 Å². The molecule has 3 fully saturated rings. The smallest absolute Gasteiger partial charge is 0.410 e. The van der Waals surface area contributed by atoms with Crippen molar-refractivity contribution in [3.63, 3.8) is 0 Å². The molecule has 1 N–H and O–H groups in total. The van der Waals surface area contributed by atoms with Crippen LogP contribution < -0.4 is 5.32 Å². The monoisotopic (exact) mass is 582 g/mol. The van der Waals surface area contributed by atoms with E-state index in [0.717, 1.165) is 48.2 Å². The number of hydrogen-bond acceptors (Lipinski definition) is 7. The van der Waals surface area contributed by atoms with Crippen LogP contribution in [-0.2, 0) is 4.74 Å². The van der Waals surface area contributed by atoms with E-state index in [-0.39, 0.29) is 35.9 Å². The summed E-state index contributed by atoms with van der Waals surface area (Å²) in [5, 5.41) is 8.68. The van der Waals surface area contributed by atoms with E-state index in [1.807, 2.05) is 33.0 Å². The molecular weight excluding hydrogens is 544 g/mol. The summed E-state index contributed by atoms with van der Waals surface area (Å²) in [4.78, 5) is 46.6. The normalized spacial score (nSPS) is 23.7. The largest absolute Gasteiger partial charge is 0.444 e. The van der Waals surface area contributed by atoms with Gasteiger partial charge in [-0.15, -0.1) is 0 Å². The maximum Gasteiger partial charge on any atom is 0.410 e. The van der Waals surface area contributed by atoms with Gasteiger partial charge < -0.3 is 15.0 Å². The van der Waals surface area contributed by atoms with Gasteiger partial charge in [0.2, 0.25) is 0 Å². The Kier molecular flexibility index (Phi) is 6.84. The number of amides is 3. The maximum atomic E-state index is 12.9. The quantitative estimate of drug-likeness (QED) is 0.410. The average molecular weight is 583 g/mol. The molecule has 4 aliphatic rings. The molecule has 0 radical (unpaired) electrons. The molecule has 3 amide bonds. The van der Waals surface area contributed by atoms with Crippen molar-refractivity contribution in [1.82, 2.24) is 29.9 Å². The molecular formula is C33H38N6O4. The van der Waals surface area contributed by atoms with E-state index in [2.05, 4.69) is 22.3 Å². The lowest BCUT2D eigenvalue weighted by molar-refractivity contribution is 0.0194. The van der Waals surface area contributed by atoms with Crippen molar-refractivity contribution in [3.05, 3.63) is 71.2 Å². The molecule has 2 aromatic heterocycles. The summed E-state index contributed by atoms with van der Waals surface area (Å²) < 4.78 is 7.74. The zero-order valence-electron chi connectivity index (χ0n) is 25.0. The number of hydrogen-bond donors (Lipinski definition) is 1. The molecule has 10 heteroatoms. The van der Waals surface area contributed by atoms with Gasteiger partial charge in [-0.2, -0.15) is 5.10 Å².